The zero-order chi connectivity index (χ0) is 13.4. The number of benzene rings is 2. The van der Waals surface area contributed by atoms with Gasteiger partial charge in [0.2, 0.25) is 0 Å². The summed E-state index contributed by atoms with van der Waals surface area (Å²) in [5.74, 6) is 1.65. The van der Waals surface area contributed by atoms with Gasteiger partial charge in [0, 0.05) is 10.5 Å². The van der Waals surface area contributed by atoms with E-state index < -0.39 is 0 Å². The normalized spacial score (nSPS) is 23.5. The third-order valence-electron chi connectivity index (χ3n) is 4.26. The highest BCUT2D eigenvalue weighted by molar-refractivity contribution is 9.10. The van der Waals surface area contributed by atoms with E-state index in [2.05, 4.69) is 71.5 Å². The van der Waals surface area contributed by atoms with E-state index in [9.17, 15) is 0 Å². The molecule has 2 aromatic carbocycles. The van der Waals surface area contributed by atoms with Gasteiger partial charge < -0.3 is 5.32 Å². The molecule has 0 aromatic heterocycles. The highest BCUT2D eigenvalue weighted by Crippen LogP contribution is 2.48. The molecule has 19 heavy (non-hydrogen) atoms. The van der Waals surface area contributed by atoms with Crippen molar-refractivity contribution >= 4 is 26.7 Å². The fraction of sp³-hybridized carbons (Fsp3) is 0.412. The Morgan fingerprint density at radius 3 is 2.53 bits per heavy atom. The summed E-state index contributed by atoms with van der Waals surface area (Å²) in [7, 11) is 0. The quantitative estimate of drug-likeness (QED) is 0.844. The van der Waals surface area contributed by atoms with Crippen LogP contribution < -0.4 is 5.32 Å². The van der Waals surface area contributed by atoms with E-state index in [1.165, 1.54) is 27.2 Å². The maximum absolute atomic E-state index is 3.69. The van der Waals surface area contributed by atoms with Crippen LogP contribution in [0, 0.1) is 11.8 Å². The lowest BCUT2D eigenvalue weighted by molar-refractivity contribution is 0.478. The molecule has 1 aliphatic rings. The van der Waals surface area contributed by atoms with Crippen molar-refractivity contribution < 1.29 is 0 Å². The van der Waals surface area contributed by atoms with Gasteiger partial charge in [0.15, 0.2) is 0 Å². The second-order valence-electron chi connectivity index (χ2n) is 5.59. The first-order valence-electron chi connectivity index (χ1n) is 7.13. The van der Waals surface area contributed by atoms with E-state index >= 15 is 0 Å². The lowest BCUT2D eigenvalue weighted by atomic mass is 9.95. The van der Waals surface area contributed by atoms with Crippen molar-refractivity contribution in [1.29, 1.82) is 0 Å². The first-order chi connectivity index (χ1) is 9.22. The summed E-state index contributed by atoms with van der Waals surface area (Å²) in [5, 5.41) is 6.38. The Labute approximate surface area is 123 Å². The Morgan fingerprint density at radius 1 is 1.21 bits per heavy atom. The van der Waals surface area contributed by atoms with Crippen LogP contribution in [0.5, 0.6) is 0 Å². The first kappa shape index (κ1) is 13.1. The van der Waals surface area contributed by atoms with E-state index in [1.807, 2.05) is 0 Å². The topological polar surface area (TPSA) is 12.0 Å². The van der Waals surface area contributed by atoms with Crippen molar-refractivity contribution in [2.75, 3.05) is 6.54 Å². The molecule has 2 aromatic rings. The number of hydrogen-bond donors (Lipinski definition) is 1. The third-order valence-corrected chi connectivity index (χ3v) is 4.96. The summed E-state index contributed by atoms with van der Waals surface area (Å²) < 4.78 is 1.19. The molecule has 0 heterocycles. The molecule has 1 fully saturated rings. The van der Waals surface area contributed by atoms with Gasteiger partial charge in [-0.2, -0.15) is 0 Å². The summed E-state index contributed by atoms with van der Waals surface area (Å²) >= 11 is 3.66. The minimum atomic E-state index is 0.498. The Morgan fingerprint density at radius 2 is 1.89 bits per heavy atom. The molecule has 1 aliphatic carbocycles. The van der Waals surface area contributed by atoms with Gasteiger partial charge in [0.1, 0.15) is 0 Å². The Kier molecular flexibility index (Phi) is 3.64. The summed E-state index contributed by atoms with van der Waals surface area (Å²) in [6.07, 6.45) is 1.35. The predicted octanol–water partition coefficient (Wildman–Crippen LogP) is 4.91. The van der Waals surface area contributed by atoms with Crippen molar-refractivity contribution in [2.24, 2.45) is 11.8 Å². The predicted molar refractivity (Wildman–Crippen MR) is 85.3 cm³/mol. The van der Waals surface area contributed by atoms with Crippen molar-refractivity contribution in [1.82, 2.24) is 5.32 Å². The smallest absolute Gasteiger partial charge is 0.0357 e. The average Bonchev–Trinajstić information content (AvgIpc) is 3.14. The van der Waals surface area contributed by atoms with Gasteiger partial charge in [0.25, 0.3) is 0 Å². The summed E-state index contributed by atoms with van der Waals surface area (Å²) in [4.78, 5) is 0. The molecule has 0 spiro atoms. The summed E-state index contributed by atoms with van der Waals surface area (Å²) in [5.41, 5.74) is 1.45. The Hall–Kier alpha value is -0.860. The molecule has 0 amide bonds. The van der Waals surface area contributed by atoms with Gasteiger partial charge >= 0.3 is 0 Å². The largest absolute Gasteiger partial charge is 0.310 e. The summed E-state index contributed by atoms with van der Waals surface area (Å²) in [6.45, 7) is 5.58. The lowest BCUT2D eigenvalue weighted by Crippen LogP contribution is -2.23. The molecule has 0 saturated heterocycles. The molecule has 3 unspecified atom stereocenters. The third kappa shape index (κ3) is 2.44. The molecule has 1 nitrogen and oxygen atoms in total. The van der Waals surface area contributed by atoms with Crippen molar-refractivity contribution in [3.8, 4) is 0 Å². The highest BCUT2D eigenvalue weighted by atomic mass is 79.9. The highest BCUT2D eigenvalue weighted by Gasteiger charge is 2.40. The number of halogens is 1. The average molecular weight is 318 g/mol. The van der Waals surface area contributed by atoms with E-state index in [1.54, 1.807) is 0 Å². The molecule has 2 heteroatoms. The molecule has 100 valence electrons. The minimum absolute atomic E-state index is 0.498. The SMILES string of the molecule is CCNC(c1ccc(Br)c2ccccc12)C1CC1C. The molecule has 1 N–H and O–H groups in total. The molecule has 0 aliphatic heterocycles. The maximum atomic E-state index is 3.69. The van der Waals surface area contributed by atoms with Crippen LogP contribution in [0.3, 0.4) is 0 Å². The fourth-order valence-electron chi connectivity index (χ4n) is 3.08. The van der Waals surface area contributed by atoms with Gasteiger partial charge in [-0.25, -0.2) is 0 Å². The van der Waals surface area contributed by atoms with Gasteiger partial charge in [0.05, 0.1) is 0 Å². The monoisotopic (exact) mass is 317 g/mol. The standard InChI is InChI=1S/C17H20BrN/c1-3-19-17(15-10-11(15)2)14-8-9-16(18)13-7-5-4-6-12(13)14/h4-9,11,15,17,19H,3,10H2,1-2H3. The molecule has 0 bridgehead atoms. The fourth-order valence-corrected chi connectivity index (χ4v) is 3.56. The summed E-state index contributed by atoms with van der Waals surface area (Å²) in [6, 6.07) is 13.7. The van der Waals surface area contributed by atoms with Crippen molar-refractivity contribution in [3.63, 3.8) is 0 Å². The maximum Gasteiger partial charge on any atom is 0.0357 e. The van der Waals surface area contributed by atoms with Crippen LogP contribution in [0.25, 0.3) is 10.8 Å². The zero-order valence-electron chi connectivity index (χ0n) is 11.5. The lowest BCUT2D eigenvalue weighted by Gasteiger charge is -2.21. The number of nitrogens with one attached hydrogen (secondary N) is 1. The molecule has 0 radical (unpaired) electrons. The molecule has 3 atom stereocenters. The molecular weight excluding hydrogens is 298 g/mol. The van der Waals surface area contributed by atoms with Crippen molar-refractivity contribution in [2.45, 2.75) is 26.3 Å². The number of fused-ring (bicyclic) bond motifs is 1. The minimum Gasteiger partial charge on any atom is -0.310 e. The number of rotatable bonds is 4. The molecule has 3 rings (SSSR count). The molecular formula is C17H20BrN. The van der Waals surface area contributed by atoms with Crippen LogP contribution in [-0.2, 0) is 0 Å². The van der Waals surface area contributed by atoms with Crippen LogP contribution >= 0.6 is 15.9 Å². The van der Waals surface area contributed by atoms with Crippen molar-refractivity contribution in [3.05, 3.63) is 46.4 Å². The van der Waals surface area contributed by atoms with Crippen LogP contribution in [0.4, 0.5) is 0 Å². The number of hydrogen-bond acceptors (Lipinski definition) is 1. The van der Waals surface area contributed by atoms with Crippen LogP contribution in [0.2, 0.25) is 0 Å². The van der Waals surface area contributed by atoms with Crippen LogP contribution in [0.1, 0.15) is 31.9 Å². The second kappa shape index (κ2) is 5.26. The van der Waals surface area contributed by atoms with Gasteiger partial charge in [-0.15, -0.1) is 0 Å². The Bertz CT molecular complexity index is 593. The van der Waals surface area contributed by atoms with E-state index in [0.717, 1.165) is 18.4 Å². The zero-order valence-corrected chi connectivity index (χ0v) is 13.1. The second-order valence-corrected chi connectivity index (χ2v) is 6.45. The van der Waals surface area contributed by atoms with Gasteiger partial charge in [-0.05, 0) is 47.2 Å². The van der Waals surface area contributed by atoms with Gasteiger partial charge in [-0.3, -0.25) is 0 Å². The van der Waals surface area contributed by atoms with Crippen LogP contribution in [-0.4, -0.2) is 6.54 Å². The van der Waals surface area contributed by atoms with E-state index in [4.69, 9.17) is 0 Å². The molecule has 1 saturated carbocycles. The van der Waals surface area contributed by atoms with E-state index in [0.29, 0.717) is 6.04 Å². The van der Waals surface area contributed by atoms with Gasteiger partial charge in [-0.1, -0.05) is 60.1 Å². The van der Waals surface area contributed by atoms with E-state index in [-0.39, 0.29) is 0 Å². The Balaban J connectivity index is 2.10. The first-order valence-corrected chi connectivity index (χ1v) is 7.92. The van der Waals surface area contributed by atoms with Crippen LogP contribution in [0.15, 0.2) is 40.9 Å².